The third-order valence-electron chi connectivity index (χ3n) is 15.6. The van der Waals surface area contributed by atoms with Crippen LogP contribution in [0.3, 0.4) is 0 Å². The zero-order valence-corrected chi connectivity index (χ0v) is 43.4. The monoisotopic (exact) mass is 976 g/mol. The molecule has 0 radical (unpaired) electrons. The summed E-state index contributed by atoms with van der Waals surface area (Å²) in [5.41, 5.74) is 3.64. The number of piperidine rings is 1. The fourth-order valence-corrected chi connectivity index (χ4v) is 11.6. The first-order valence-electron chi connectivity index (χ1n) is 25.9. The molecule has 388 valence electrons. The summed E-state index contributed by atoms with van der Waals surface area (Å²) in [4.78, 5) is 77.2. The number of aliphatic hydroxyl groups is 1. The number of nitrogens with one attached hydrogen (secondary N) is 1. The number of aromatic amines is 1. The van der Waals surface area contributed by atoms with Gasteiger partial charge in [0.05, 0.1) is 30.1 Å². The van der Waals surface area contributed by atoms with Crippen molar-refractivity contribution in [3.05, 3.63) is 53.8 Å². The third kappa shape index (κ3) is 12.7. The summed E-state index contributed by atoms with van der Waals surface area (Å²) in [5, 5.41) is 13.1. The van der Waals surface area contributed by atoms with Gasteiger partial charge in [0, 0.05) is 69.8 Å². The van der Waals surface area contributed by atoms with Crippen LogP contribution in [0, 0.1) is 29.6 Å². The number of anilines is 1. The number of allylic oxidation sites excluding steroid dienone is 3. The Morgan fingerprint density at radius 2 is 1.64 bits per heavy atom. The Morgan fingerprint density at radius 1 is 0.929 bits per heavy atom. The molecule has 1 aromatic carbocycles. The largest absolute Gasteiger partial charge is 0.456 e. The zero-order chi connectivity index (χ0) is 50.9. The second-order valence-electron chi connectivity index (χ2n) is 20.7. The molecular formula is C55H81N3O12. The van der Waals surface area contributed by atoms with E-state index in [1.807, 2.05) is 65.1 Å². The van der Waals surface area contributed by atoms with E-state index in [1.165, 1.54) is 4.90 Å². The highest BCUT2D eigenvalue weighted by Crippen LogP contribution is 2.40. The van der Waals surface area contributed by atoms with Crippen molar-refractivity contribution >= 4 is 45.9 Å². The normalized spacial score (nSPS) is 33.8. The first-order chi connectivity index (χ1) is 33.5. The van der Waals surface area contributed by atoms with Crippen LogP contribution in [0.2, 0.25) is 0 Å². The molecule has 13 unspecified atom stereocenters. The van der Waals surface area contributed by atoms with Crippen molar-refractivity contribution < 1.29 is 57.5 Å². The molecule has 70 heavy (non-hydrogen) atoms. The number of ether oxygens (including phenoxy) is 6. The lowest BCUT2D eigenvalue weighted by atomic mass is 9.82. The summed E-state index contributed by atoms with van der Waals surface area (Å²) >= 11 is 0. The molecule has 15 heteroatoms. The van der Waals surface area contributed by atoms with E-state index in [-0.39, 0.29) is 80.0 Å². The molecular weight excluding hydrogens is 895 g/mol. The van der Waals surface area contributed by atoms with E-state index < -0.39 is 59.8 Å². The van der Waals surface area contributed by atoms with E-state index >= 15 is 0 Å². The van der Waals surface area contributed by atoms with Crippen LogP contribution >= 0.6 is 0 Å². The molecule has 13 atom stereocenters. The van der Waals surface area contributed by atoms with E-state index in [4.69, 9.17) is 28.4 Å². The summed E-state index contributed by atoms with van der Waals surface area (Å²) in [6.07, 6.45) is 8.93. The molecule has 0 spiro atoms. The topological polar surface area (TPSA) is 183 Å². The highest BCUT2D eigenvalue weighted by atomic mass is 16.7. The third-order valence-corrected chi connectivity index (χ3v) is 15.6. The number of nitrogens with zero attached hydrogens (tertiary/aromatic N) is 2. The number of methoxy groups -OCH3 is 3. The number of amides is 2. The number of hydrogen-bond donors (Lipinski definition) is 2. The van der Waals surface area contributed by atoms with Crippen LogP contribution in [0.15, 0.2) is 53.8 Å². The number of carbonyl (C=O) groups excluding carboxylic acids is 5. The minimum atomic E-state index is -2.49. The standard InChI is InChI=1S/C55H81N3O12/c1-11-39-26-33(3)25-34(4)27-47(66-9)51-48(67-10)29-37(7)55(64,70-51)52(61)53(62)58-24-16-15-19-42(58)54(63)69-50(35(5)20-22-44(39)59)36(6)28-38-21-23-45(46(30-38)65-8)68-32-49(60)57(12-2)43-31-56-41-18-14-13-17-40(41)43/h13-14,17-18,26,28,31,34-35,37-39,42,45-48,50-51,56,64H,11-12,15-16,19-25,27,29-30,32H2,1-10H3. The first-order valence-corrected chi connectivity index (χ1v) is 25.9. The van der Waals surface area contributed by atoms with Gasteiger partial charge < -0.3 is 48.3 Å². The molecule has 3 fully saturated rings. The predicted octanol–water partition coefficient (Wildman–Crippen LogP) is 8.06. The van der Waals surface area contributed by atoms with Crippen molar-refractivity contribution in [1.29, 1.82) is 0 Å². The van der Waals surface area contributed by atoms with Gasteiger partial charge in [-0.25, -0.2) is 4.79 Å². The number of ketones is 2. The Morgan fingerprint density at radius 3 is 2.34 bits per heavy atom. The molecule has 1 aromatic heterocycles. The van der Waals surface area contributed by atoms with Crippen LogP contribution in [0.4, 0.5) is 5.69 Å². The van der Waals surface area contributed by atoms with Crippen LogP contribution in [0.5, 0.6) is 0 Å². The Bertz CT molecular complexity index is 2190. The van der Waals surface area contributed by atoms with E-state index in [9.17, 15) is 29.1 Å². The molecule has 2 amide bonds. The van der Waals surface area contributed by atoms with Gasteiger partial charge in [0.15, 0.2) is 0 Å². The Kier molecular flexibility index (Phi) is 19.6. The fraction of sp³-hybridized carbons (Fsp3) is 0.691. The number of benzene rings is 1. The molecule has 4 aliphatic rings. The van der Waals surface area contributed by atoms with Gasteiger partial charge in [-0.3, -0.25) is 19.2 Å². The van der Waals surface area contributed by atoms with E-state index in [1.54, 1.807) is 33.2 Å². The van der Waals surface area contributed by atoms with E-state index in [0.717, 1.165) is 34.2 Å². The molecule has 1 saturated carbocycles. The maximum atomic E-state index is 14.6. The lowest BCUT2D eigenvalue weighted by Crippen LogP contribution is -2.64. The number of hydrogen-bond acceptors (Lipinski definition) is 12. The maximum absolute atomic E-state index is 14.6. The lowest BCUT2D eigenvalue weighted by Gasteiger charge is -2.47. The number of aromatic nitrogens is 1. The van der Waals surface area contributed by atoms with Gasteiger partial charge in [-0.15, -0.1) is 0 Å². The first kappa shape index (κ1) is 55.1. The summed E-state index contributed by atoms with van der Waals surface area (Å²) in [5.74, 6) is -6.58. The average Bonchev–Trinajstić information content (AvgIpc) is 3.78. The Balaban J connectivity index is 1.24. The average molecular weight is 976 g/mol. The molecule has 3 aliphatic heterocycles. The summed E-state index contributed by atoms with van der Waals surface area (Å²) in [6.45, 7) is 14.2. The Labute approximate surface area is 415 Å². The number of rotatable bonds is 11. The van der Waals surface area contributed by atoms with Gasteiger partial charge in [-0.1, -0.05) is 63.6 Å². The number of H-pyrrole nitrogens is 1. The van der Waals surface area contributed by atoms with Gasteiger partial charge >= 0.3 is 5.97 Å². The zero-order valence-electron chi connectivity index (χ0n) is 43.4. The summed E-state index contributed by atoms with van der Waals surface area (Å²) in [7, 11) is 4.75. The smallest absolute Gasteiger partial charge is 0.329 e. The predicted molar refractivity (Wildman–Crippen MR) is 267 cm³/mol. The van der Waals surface area contributed by atoms with Gasteiger partial charge in [0.2, 0.25) is 5.79 Å². The molecule has 2 N–H and O–H groups in total. The number of carbonyl (C=O) groups is 5. The SMILES string of the molecule is CCC1C=C(C)CC(C)CC(OC)C2OC(O)(C(=O)C(=O)N3CCCCC3C(=O)OC(C(C)=CC3CCC(OCC(=O)N(CC)c4c[nH]c5ccccc45)C(OC)C3)C(C)CCC1=O)C(C)CC2OC. The van der Waals surface area contributed by atoms with Crippen molar-refractivity contribution in [3.63, 3.8) is 0 Å². The number of fused-ring (bicyclic) bond motifs is 4. The molecule has 15 nitrogen and oxygen atoms in total. The molecule has 4 heterocycles. The van der Waals surface area contributed by atoms with Crippen molar-refractivity contribution in [1.82, 2.24) is 9.88 Å². The highest BCUT2D eigenvalue weighted by Gasteiger charge is 2.56. The van der Waals surface area contributed by atoms with Gasteiger partial charge in [0.1, 0.15) is 30.6 Å². The molecule has 6 rings (SSSR count). The van der Waals surface area contributed by atoms with Crippen LogP contribution in [-0.4, -0.2) is 134 Å². The van der Waals surface area contributed by atoms with Crippen LogP contribution in [-0.2, 0) is 52.4 Å². The second-order valence-corrected chi connectivity index (χ2v) is 20.7. The summed E-state index contributed by atoms with van der Waals surface area (Å²) < 4.78 is 36.9. The number of para-hydroxylation sites is 1. The fourth-order valence-electron chi connectivity index (χ4n) is 11.6. The number of esters is 1. The maximum Gasteiger partial charge on any atom is 0.329 e. The molecule has 2 aromatic rings. The number of cyclic esters (lactones) is 1. The van der Waals surface area contributed by atoms with Crippen LogP contribution < -0.4 is 4.90 Å². The summed E-state index contributed by atoms with van der Waals surface area (Å²) in [6, 6.07) is 6.79. The minimum absolute atomic E-state index is 0.0272. The number of Topliss-reactive ketones (excluding diaryl/α,β-unsaturated/α-hetero) is 2. The lowest BCUT2D eigenvalue weighted by molar-refractivity contribution is -0.302. The quantitative estimate of drug-likeness (QED) is 0.126. The van der Waals surface area contributed by atoms with Crippen molar-refractivity contribution in [2.24, 2.45) is 29.6 Å². The van der Waals surface area contributed by atoms with Gasteiger partial charge in [-0.2, -0.15) is 0 Å². The van der Waals surface area contributed by atoms with Crippen molar-refractivity contribution in [2.75, 3.05) is 45.9 Å². The van der Waals surface area contributed by atoms with Crippen molar-refractivity contribution in [2.45, 2.75) is 174 Å². The van der Waals surface area contributed by atoms with E-state index in [2.05, 4.69) is 24.1 Å². The number of likely N-dealkylation sites (N-methyl/N-ethyl adjacent to an activating group) is 1. The van der Waals surface area contributed by atoms with Crippen molar-refractivity contribution in [3.8, 4) is 0 Å². The molecule has 2 saturated heterocycles. The molecule has 1 aliphatic carbocycles. The molecule has 2 bridgehead atoms. The minimum Gasteiger partial charge on any atom is -0.456 e. The highest BCUT2D eigenvalue weighted by molar-refractivity contribution is 6.39. The Hall–Kier alpha value is -4.25. The van der Waals surface area contributed by atoms with Gasteiger partial charge in [-0.05, 0) is 121 Å². The second kappa shape index (κ2) is 24.9. The van der Waals surface area contributed by atoms with Gasteiger partial charge in [0.25, 0.3) is 17.6 Å². The van der Waals surface area contributed by atoms with Crippen LogP contribution in [0.25, 0.3) is 10.9 Å². The van der Waals surface area contributed by atoms with Crippen LogP contribution in [0.1, 0.15) is 126 Å². The van der Waals surface area contributed by atoms with E-state index in [0.29, 0.717) is 57.9 Å².